The minimum absolute atomic E-state index is 0. The molecule has 3 N–H and O–H groups in total. The molecule has 0 bridgehead atoms. The minimum Gasteiger partial charge on any atom is -0.0149 e. The van der Waals surface area contributed by atoms with Gasteiger partial charge in [-0.1, -0.05) is 0 Å². The van der Waals surface area contributed by atoms with Gasteiger partial charge in [0.25, 0.3) is 0 Å². The molecule has 0 aliphatic rings. The molecule has 0 aromatic rings. The molecule has 6 heteroatoms. The van der Waals surface area contributed by atoms with Crippen LogP contribution >= 0.6 is 0 Å². The summed E-state index contributed by atoms with van der Waals surface area (Å²) in [7, 11) is 0. The molecule has 0 heterocycles. The maximum Gasteiger partial charge on any atom is -0.0149 e. The molecule has 42 valence electrons. The van der Waals surface area contributed by atoms with Crippen LogP contribution in [0.4, 0.5) is 0 Å². The average Bonchev–Trinajstić information content (AvgIpc) is 0. The molecule has 0 radical (unpaired) electrons. The Morgan fingerprint density at radius 1 is 1.00 bits per heavy atom. The molecule has 6 heavy (non-hydrogen) atoms. The number of rotatable bonds is 0. The molecular weight excluding hydrogens is 334 g/mol. The maximum absolute atomic E-state index is 0. The van der Waals surface area contributed by atoms with Crippen molar-refractivity contribution in [1.29, 1.82) is 0 Å². The predicted octanol–water partition coefficient (Wildman–Crippen LogP) is -3.66. The fourth-order valence-electron chi connectivity index (χ4n) is 0. The summed E-state index contributed by atoms with van der Waals surface area (Å²) in [6, 6.07) is 0. The largest absolute Gasteiger partial charge is 0.0149 e. The molecule has 1 nitrogen and oxygen atoms in total. The topological polar surface area (TPSA) is 35.0 Å². The van der Waals surface area contributed by atoms with Crippen molar-refractivity contribution in [3.05, 3.63) is 0 Å². The molecule has 0 amide bonds. The third-order valence-corrected chi connectivity index (χ3v) is 0. The van der Waals surface area contributed by atoms with Crippen molar-refractivity contribution in [2.24, 2.45) is 0 Å². The van der Waals surface area contributed by atoms with Crippen LogP contribution in [0.5, 0.6) is 0 Å². The van der Waals surface area contributed by atoms with Crippen LogP contribution in [0, 0.1) is 0 Å². The van der Waals surface area contributed by atoms with E-state index in [0.29, 0.717) is 0 Å². The van der Waals surface area contributed by atoms with E-state index in [2.05, 4.69) is 0 Å². The first kappa shape index (κ1) is 69.9. The molecule has 0 aliphatic heterocycles. The molecule has 0 saturated carbocycles. The minimum atomic E-state index is 0. The van der Waals surface area contributed by atoms with Crippen LogP contribution in [-0.2, 0) is 34.4 Å². The second-order valence-corrected chi connectivity index (χ2v) is 0. The first-order valence-corrected chi connectivity index (χ1v) is 0. The molecule has 0 rings (SSSR count). The van der Waals surface area contributed by atoms with Gasteiger partial charge >= 0.3 is 45.6 Å². The van der Waals surface area contributed by atoms with Crippen molar-refractivity contribution in [3.8, 4) is 0 Å². The van der Waals surface area contributed by atoms with Gasteiger partial charge in [0.1, 0.15) is 0 Å². The Balaban J connectivity index is 0. The second kappa shape index (κ2) is 46.9. The van der Waals surface area contributed by atoms with Crippen LogP contribution in [0.2, 0.25) is 0 Å². The zero-order chi connectivity index (χ0) is 0. The summed E-state index contributed by atoms with van der Waals surface area (Å²) >= 11 is 0. The van der Waals surface area contributed by atoms with Gasteiger partial charge in [-0.25, -0.2) is 0 Å². The molecule has 0 unspecified atom stereocenters. The van der Waals surface area contributed by atoms with Crippen molar-refractivity contribution in [2.45, 2.75) is 0 Å². The summed E-state index contributed by atoms with van der Waals surface area (Å²) in [6.45, 7) is 0. The summed E-state index contributed by atoms with van der Waals surface area (Å²) < 4.78 is 0. The van der Waals surface area contributed by atoms with Gasteiger partial charge in [-0.15, -0.1) is 0 Å². The Kier molecular flexibility index (Phi) is 546. The third-order valence-electron chi connectivity index (χ3n) is 0. The van der Waals surface area contributed by atoms with Crippen LogP contribution in [-0.4, -0.2) is 56.6 Å². The van der Waals surface area contributed by atoms with Gasteiger partial charge in [-0.2, -0.15) is 0 Å². The van der Waals surface area contributed by atoms with E-state index in [4.69, 9.17) is 0 Å². The van der Waals surface area contributed by atoms with Crippen LogP contribution in [0.15, 0.2) is 0 Å². The van der Waals surface area contributed by atoms with Crippen molar-refractivity contribution in [3.63, 3.8) is 0 Å². The molecule has 0 aliphatic carbocycles. The molecule has 0 spiro atoms. The first-order valence-electron chi connectivity index (χ1n) is 0. The summed E-state index contributed by atoms with van der Waals surface area (Å²) in [5, 5.41) is 0. The fraction of sp³-hybridized carbons (Fsp3) is 0. The van der Waals surface area contributed by atoms with E-state index in [1.807, 2.05) is 0 Å². The summed E-state index contributed by atoms with van der Waals surface area (Å²) in [5.41, 5.74) is 0. The van der Waals surface area contributed by atoms with E-state index in [9.17, 15) is 0 Å². The Morgan fingerprint density at radius 2 is 1.00 bits per heavy atom. The molecule has 0 aromatic heterocycles. The van der Waals surface area contributed by atoms with E-state index in [1.54, 1.807) is 0 Å². The maximum atomic E-state index is 0. The second-order valence-electron chi connectivity index (χ2n) is 0. The monoisotopic (exact) mass is 347 g/mol. The quantitative estimate of drug-likeness (QED) is 0.451. The number of hydrogen-bond donors (Lipinski definition) is 1. The standard InChI is InChI=1S/Cr.Fe.Ga.In.H3N.H4Si.6H/h;;;;1H3;1H4;;;;;;. The van der Waals surface area contributed by atoms with E-state index in [0.717, 1.165) is 0 Å². The van der Waals surface area contributed by atoms with Crippen LogP contribution in [0.25, 0.3) is 0 Å². The molecule has 0 fully saturated rings. The summed E-state index contributed by atoms with van der Waals surface area (Å²) in [6.07, 6.45) is 0. The van der Waals surface area contributed by atoms with Gasteiger partial charge in [0, 0.05) is 34.4 Å². The van der Waals surface area contributed by atoms with Gasteiger partial charge in [-0.05, 0) is 11.0 Å². The van der Waals surface area contributed by atoms with Crippen LogP contribution < -0.4 is 6.15 Å². The average molecular weight is 348 g/mol. The zero-order valence-corrected chi connectivity index (χ0v) is 3.85. The smallest absolute Gasteiger partial charge is 0.0149 e. The Morgan fingerprint density at radius 3 is 1.00 bits per heavy atom. The van der Waals surface area contributed by atoms with Gasteiger partial charge in [0.15, 0.2) is 0 Å². The molecular formula is H13CrFeGaInNSi. The van der Waals surface area contributed by atoms with Crippen molar-refractivity contribution in [2.75, 3.05) is 0 Å². The summed E-state index contributed by atoms with van der Waals surface area (Å²) in [4.78, 5) is 0. The molecule has 0 aromatic carbocycles. The van der Waals surface area contributed by atoms with E-state index in [1.165, 1.54) is 0 Å². The van der Waals surface area contributed by atoms with Gasteiger partial charge < -0.3 is 6.15 Å². The van der Waals surface area contributed by atoms with E-state index < -0.39 is 0 Å². The Hall–Kier alpha value is 2.74. The van der Waals surface area contributed by atoms with E-state index in [-0.39, 0.29) is 97.2 Å². The summed E-state index contributed by atoms with van der Waals surface area (Å²) in [5.74, 6) is 0. The van der Waals surface area contributed by atoms with Crippen molar-refractivity contribution >= 4 is 56.6 Å². The van der Waals surface area contributed by atoms with Crippen LogP contribution in [0.3, 0.4) is 0 Å². The third kappa shape index (κ3) is 29.6. The molecule has 0 saturated heterocycles. The fourth-order valence-corrected chi connectivity index (χ4v) is 0. The normalized spacial score (nSPS) is 0. The Labute approximate surface area is 95.8 Å². The first-order chi connectivity index (χ1) is 0. The van der Waals surface area contributed by atoms with Crippen molar-refractivity contribution in [1.82, 2.24) is 6.15 Å². The SMILES string of the molecule is N.[Cr].[Fe].[GaH3].[InH3].[SiH4]. The van der Waals surface area contributed by atoms with Gasteiger partial charge in [0.2, 0.25) is 0 Å². The van der Waals surface area contributed by atoms with Crippen molar-refractivity contribution < 1.29 is 34.4 Å². The predicted molar refractivity (Wildman–Crippen MR) is 36.2 cm³/mol. The zero-order valence-electron chi connectivity index (χ0n) is 1.47. The van der Waals surface area contributed by atoms with E-state index >= 15 is 0 Å². The molecule has 0 atom stereocenters. The van der Waals surface area contributed by atoms with Gasteiger partial charge in [0.05, 0.1) is 0 Å². The Bertz CT molecular complexity index is 15.5. The van der Waals surface area contributed by atoms with Gasteiger partial charge in [-0.3, -0.25) is 0 Å². The van der Waals surface area contributed by atoms with Crippen LogP contribution in [0.1, 0.15) is 0 Å². The number of hydrogen-bond acceptors (Lipinski definition) is 1.